The maximum atomic E-state index is 12.2. The lowest BCUT2D eigenvalue weighted by Crippen LogP contribution is -2.27. The average molecular weight is 263 g/mol. The van der Waals surface area contributed by atoms with E-state index in [2.05, 4.69) is 26.8 Å². The Kier molecular flexibility index (Phi) is 8.94. The average Bonchev–Trinajstić information content (AvgIpc) is 2.46. The lowest BCUT2D eigenvalue weighted by molar-refractivity contribution is 0.0793. The number of amides is 1. The summed E-state index contributed by atoms with van der Waals surface area (Å²) in [5.74, 6) is 0.588. The summed E-state index contributed by atoms with van der Waals surface area (Å²) in [4.78, 5) is 14.0. The highest BCUT2D eigenvalue weighted by Crippen LogP contribution is 2.16. The SMILES string of the molecule is CC.CCCCN(C)C(=O)c1cccc(C(C)C)c1. The van der Waals surface area contributed by atoms with E-state index >= 15 is 0 Å². The van der Waals surface area contributed by atoms with Gasteiger partial charge in [0.1, 0.15) is 0 Å². The molecule has 1 aromatic carbocycles. The van der Waals surface area contributed by atoms with Gasteiger partial charge in [0.05, 0.1) is 0 Å². The van der Waals surface area contributed by atoms with Crippen molar-refractivity contribution in [2.24, 2.45) is 0 Å². The van der Waals surface area contributed by atoms with Gasteiger partial charge in [-0.2, -0.15) is 0 Å². The number of unbranched alkanes of at least 4 members (excludes halogenated alkanes) is 1. The fraction of sp³-hybridized carbons (Fsp3) is 0.588. The number of rotatable bonds is 5. The molecule has 1 amide bonds. The number of hydrogen-bond donors (Lipinski definition) is 0. The summed E-state index contributed by atoms with van der Waals surface area (Å²) >= 11 is 0. The molecule has 1 rings (SSSR count). The Morgan fingerprint density at radius 1 is 1.26 bits per heavy atom. The summed E-state index contributed by atoms with van der Waals surface area (Å²) < 4.78 is 0. The van der Waals surface area contributed by atoms with E-state index in [0.29, 0.717) is 5.92 Å². The van der Waals surface area contributed by atoms with Crippen molar-refractivity contribution in [3.63, 3.8) is 0 Å². The van der Waals surface area contributed by atoms with Gasteiger partial charge in [-0.1, -0.05) is 53.2 Å². The van der Waals surface area contributed by atoms with Gasteiger partial charge in [0.2, 0.25) is 0 Å². The summed E-state index contributed by atoms with van der Waals surface area (Å²) in [6.45, 7) is 11.3. The van der Waals surface area contributed by atoms with Crippen molar-refractivity contribution in [3.8, 4) is 0 Å². The number of benzene rings is 1. The van der Waals surface area contributed by atoms with Crippen LogP contribution in [0.2, 0.25) is 0 Å². The first-order valence-corrected chi connectivity index (χ1v) is 7.41. The first kappa shape index (κ1) is 17.7. The molecule has 0 N–H and O–H groups in total. The largest absolute Gasteiger partial charge is 0.342 e. The number of nitrogens with zero attached hydrogens (tertiary/aromatic N) is 1. The Morgan fingerprint density at radius 3 is 2.42 bits per heavy atom. The molecule has 0 bridgehead atoms. The highest BCUT2D eigenvalue weighted by Gasteiger charge is 2.11. The summed E-state index contributed by atoms with van der Waals surface area (Å²) in [5, 5.41) is 0. The molecule has 1 aromatic rings. The van der Waals surface area contributed by atoms with Gasteiger partial charge in [-0.05, 0) is 30.0 Å². The molecule has 0 atom stereocenters. The third-order valence-electron chi connectivity index (χ3n) is 2.99. The topological polar surface area (TPSA) is 20.3 Å². The Bertz CT molecular complexity index is 371. The molecule has 2 heteroatoms. The number of carbonyl (C=O) groups excluding carboxylic acids is 1. The van der Waals surface area contributed by atoms with Crippen LogP contribution >= 0.6 is 0 Å². The summed E-state index contributed by atoms with van der Waals surface area (Å²) in [6, 6.07) is 7.95. The van der Waals surface area contributed by atoms with Crippen molar-refractivity contribution in [3.05, 3.63) is 35.4 Å². The predicted octanol–water partition coefficient (Wildman–Crippen LogP) is 4.71. The molecule has 0 saturated heterocycles. The Balaban J connectivity index is 0.00000154. The second-order valence-corrected chi connectivity index (χ2v) is 4.86. The van der Waals surface area contributed by atoms with E-state index in [1.165, 1.54) is 5.56 Å². The number of hydrogen-bond acceptors (Lipinski definition) is 1. The zero-order valence-corrected chi connectivity index (χ0v) is 13.4. The maximum absolute atomic E-state index is 12.2. The van der Waals surface area contributed by atoms with Crippen molar-refractivity contribution in [1.29, 1.82) is 0 Å². The molecule has 108 valence electrons. The van der Waals surface area contributed by atoms with Crippen LogP contribution in [0.5, 0.6) is 0 Å². The molecule has 0 aliphatic carbocycles. The van der Waals surface area contributed by atoms with Crippen molar-refractivity contribution >= 4 is 5.91 Å². The van der Waals surface area contributed by atoms with Crippen molar-refractivity contribution < 1.29 is 4.79 Å². The molecule has 19 heavy (non-hydrogen) atoms. The standard InChI is InChI=1S/C15H23NO.C2H6/c1-5-6-10-16(4)15(17)14-9-7-8-13(11-14)12(2)3;1-2/h7-9,11-12H,5-6,10H2,1-4H3;1-2H3. The molecule has 2 nitrogen and oxygen atoms in total. The fourth-order valence-corrected chi connectivity index (χ4v) is 1.75. The normalized spacial score (nSPS) is 9.84. The van der Waals surface area contributed by atoms with Gasteiger partial charge < -0.3 is 4.90 Å². The smallest absolute Gasteiger partial charge is 0.253 e. The van der Waals surface area contributed by atoms with E-state index in [4.69, 9.17) is 0 Å². The summed E-state index contributed by atoms with van der Waals surface area (Å²) in [7, 11) is 1.88. The van der Waals surface area contributed by atoms with Gasteiger partial charge in [0.25, 0.3) is 5.91 Å². The fourth-order valence-electron chi connectivity index (χ4n) is 1.75. The molecule has 0 heterocycles. The highest BCUT2D eigenvalue weighted by molar-refractivity contribution is 5.94. The predicted molar refractivity (Wildman–Crippen MR) is 83.7 cm³/mol. The molecule has 0 aromatic heterocycles. The van der Waals surface area contributed by atoms with Gasteiger partial charge >= 0.3 is 0 Å². The minimum atomic E-state index is 0.126. The molecule has 0 fully saturated rings. The van der Waals surface area contributed by atoms with Gasteiger partial charge in [-0.15, -0.1) is 0 Å². The number of carbonyl (C=O) groups is 1. The Morgan fingerprint density at radius 2 is 1.89 bits per heavy atom. The first-order chi connectivity index (χ1) is 9.06. The Hall–Kier alpha value is -1.31. The monoisotopic (exact) mass is 263 g/mol. The van der Waals surface area contributed by atoms with Crippen LogP contribution in [-0.2, 0) is 0 Å². The van der Waals surface area contributed by atoms with Crippen molar-refractivity contribution in [2.45, 2.75) is 53.4 Å². The molecule has 0 spiro atoms. The van der Waals surface area contributed by atoms with E-state index < -0.39 is 0 Å². The second kappa shape index (κ2) is 9.60. The molecule has 0 saturated carbocycles. The lowest BCUT2D eigenvalue weighted by Gasteiger charge is -2.17. The molecular formula is C17H29NO. The summed E-state index contributed by atoms with van der Waals surface area (Å²) in [6.07, 6.45) is 2.18. The van der Waals surface area contributed by atoms with E-state index in [1.54, 1.807) is 0 Å². The molecular weight excluding hydrogens is 234 g/mol. The van der Waals surface area contributed by atoms with Crippen molar-refractivity contribution in [1.82, 2.24) is 4.90 Å². The highest BCUT2D eigenvalue weighted by atomic mass is 16.2. The Labute approximate surface area is 118 Å². The van der Waals surface area contributed by atoms with Crippen LogP contribution in [-0.4, -0.2) is 24.4 Å². The molecule has 0 unspecified atom stereocenters. The molecule has 0 radical (unpaired) electrons. The van der Waals surface area contributed by atoms with E-state index in [0.717, 1.165) is 24.9 Å². The minimum Gasteiger partial charge on any atom is -0.342 e. The minimum absolute atomic E-state index is 0.126. The maximum Gasteiger partial charge on any atom is 0.253 e. The zero-order valence-electron chi connectivity index (χ0n) is 13.4. The third-order valence-corrected chi connectivity index (χ3v) is 2.99. The van der Waals surface area contributed by atoms with Crippen LogP contribution in [0.15, 0.2) is 24.3 Å². The second-order valence-electron chi connectivity index (χ2n) is 4.86. The van der Waals surface area contributed by atoms with E-state index in [9.17, 15) is 4.79 Å². The van der Waals surface area contributed by atoms with Gasteiger partial charge in [0.15, 0.2) is 0 Å². The van der Waals surface area contributed by atoms with Crippen LogP contribution in [0.25, 0.3) is 0 Å². The van der Waals surface area contributed by atoms with Gasteiger partial charge in [-0.3, -0.25) is 4.79 Å². The quantitative estimate of drug-likeness (QED) is 0.753. The molecule has 0 aliphatic heterocycles. The van der Waals surface area contributed by atoms with Gasteiger partial charge in [0, 0.05) is 19.2 Å². The summed E-state index contributed by atoms with van der Waals surface area (Å²) in [5.41, 5.74) is 2.02. The van der Waals surface area contributed by atoms with E-state index in [1.807, 2.05) is 44.0 Å². The first-order valence-electron chi connectivity index (χ1n) is 7.41. The van der Waals surface area contributed by atoms with Crippen LogP contribution < -0.4 is 0 Å². The lowest BCUT2D eigenvalue weighted by atomic mass is 10.0. The third kappa shape index (κ3) is 5.91. The molecule has 0 aliphatic rings. The van der Waals surface area contributed by atoms with Crippen LogP contribution in [0, 0.1) is 0 Å². The van der Waals surface area contributed by atoms with Crippen LogP contribution in [0.4, 0.5) is 0 Å². The van der Waals surface area contributed by atoms with Crippen LogP contribution in [0.3, 0.4) is 0 Å². The zero-order chi connectivity index (χ0) is 14.8. The van der Waals surface area contributed by atoms with Gasteiger partial charge in [-0.25, -0.2) is 0 Å². The van der Waals surface area contributed by atoms with E-state index in [-0.39, 0.29) is 5.91 Å². The van der Waals surface area contributed by atoms with Crippen molar-refractivity contribution in [2.75, 3.05) is 13.6 Å². The van der Waals surface area contributed by atoms with Crippen LogP contribution in [0.1, 0.15) is 69.3 Å².